The highest BCUT2D eigenvalue weighted by Crippen LogP contribution is 2.05. The number of benzene rings is 2. The summed E-state index contributed by atoms with van der Waals surface area (Å²) < 4.78 is 5.32. The lowest BCUT2D eigenvalue weighted by Gasteiger charge is -1.96. The molecule has 0 saturated heterocycles. The molecule has 92 valence electrons. The second-order valence-electron chi connectivity index (χ2n) is 3.64. The van der Waals surface area contributed by atoms with Crippen molar-refractivity contribution in [1.29, 1.82) is 0 Å². The molecule has 0 aliphatic heterocycles. The van der Waals surface area contributed by atoms with E-state index in [1.165, 1.54) is 0 Å². The summed E-state index contributed by atoms with van der Waals surface area (Å²) >= 11 is 0. The number of nitrogens with zero attached hydrogens (tertiary/aromatic N) is 4. The molecule has 0 amide bonds. The smallest absolute Gasteiger partial charge is 0.357 e. The van der Waals surface area contributed by atoms with E-state index in [9.17, 15) is 0 Å². The molecule has 0 radical (unpaired) electrons. The summed E-state index contributed by atoms with van der Waals surface area (Å²) in [6, 6.07) is 17.6. The van der Waals surface area contributed by atoms with Crippen molar-refractivity contribution in [2.75, 3.05) is 0 Å². The van der Waals surface area contributed by atoms with Gasteiger partial charge in [-0.1, -0.05) is 36.4 Å². The maximum absolute atomic E-state index is 9.00. The molecule has 0 N–H and O–H groups in total. The molecule has 2 rings (SSSR count). The van der Waals surface area contributed by atoms with E-state index in [2.05, 4.69) is 9.58 Å². The van der Waals surface area contributed by atoms with Crippen molar-refractivity contribution in [3.05, 3.63) is 82.9 Å². The second-order valence-corrected chi connectivity index (χ2v) is 3.64. The third-order valence-corrected chi connectivity index (χ3v) is 2.42. The lowest BCUT2D eigenvalue weighted by atomic mass is 10.2. The van der Waals surface area contributed by atoms with E-state index in [-0.39, 0.29) is 11.8 Å². The van der Waals surface area contributed by atoms with Gasteiger partial charge in [-0.05, 0) is 24.3 Å². The molecule has 0 unspecified atom stereocenters. The van der Waals surface area contributed by atoms with Gasteiger partial charge in [-0.3, -0.25) is 0 Å². The lowest BCUT2D eigenvalue weighted by molar-refractivity contribution is -0.0525. The molecule has 19 heavy (non-hydrogen) atoms. The molecule has 0 aliphatic rings. The average Bonchev–Trinajstić information content (AvgIpc) is 2.50. The fraction of sp³-hybridized carbons (Fsp3) is 0. The zero-order chi connectivity index (χ0) is 13.5. The minimum Gasteiger partial charge on any atom is -0.357 e. The van der Waals surface area contributed by atoms with Gasteiger partial charge in [0, 0.05) is 0 Å². The fourth-order valence-corrected chi connectivity index (χ4v) is 1.53. The Hall–Kier alpha value is -3.00. The number of hydrogen-bond donors (Lipinski definition) is 0. The van der Waals surface area contributed by atoms with Crippen LogP contribution in [0, 0.1) is 0 Å². The molecule has 5 heteroatoms. The van der Waals surface area contributed by atoms with Gasteiger partial charge in [0.05, 0.1) is 0 Å². The van der Waals surface area contributed by atoms with Gasteiger partial charge >= 0.3 is 11.8 Å². The maximum Gasteiger partial charge on any atom is 0.492 e. The number of ether oxygens (including phenoxy) is 1. The summed E-state index contributed by atoms with van der Waals surface area (Å²) in [6.07, 6.45) is 0. The van der Waals surface area contributed by atoms with Crippen molar-refractivity contribution in [1.82, 2.24) is 0 Å². The van der Waals surface area contributed by atoms with Gasteiger partial charge in [0.2, 0.25) is 0 Å². The van der Waals surface area contributed by atoms with E-state index in [0.717, 1.165) is 0 Å². The van der Waals surface area contributed by atoms with E-state index in [4.69, 9.17) is 15.8 Å². The largest absolute Gasteiger partial charge is 0.492 e. The second kappa shape index (κ2) is 6.07. The SMILES string of the molecule is [N-]=[N+]=C(OC(=[N+]=[N-])c1ccccc1)c1ccccc1. The maximum atomic E-state index is 9.00. The van der Waals surface area contributed by atoms with Crippen LogP contribution in [-0.2, 0) is 4.74 Å². The summed E-state index contributed by atoms with van der Waals surface area (Å²) in [7, 11) is 0. The first-order valence-electron chi connectivity index (χ1n) is 5.58. The molecule has 0 saturated carbocycles. The monoisotopic (exact) mass is 250 g/mol. The Labute approximate surface area is 109 Å². The van der Waals surface area contributed by atoms with Crippen molar-refractivity contribution in [3.8, 4) is 0 Å². The van der Waals surface area contributed by atoms with E-state index in [1.54, 1.807) is 48.5 Å². The number of hydrogen-bond acceptors (Lipinski definition) is 1. The van der Waals surface area contributed by atoms with Gasteiger partial charge in [0.1, 0.15) is 11.1 Å². The van der Waals surface area contributed by atoms with Crippen molar-refractivity contribution >= 4 is 11.8 Å². The van der Waals surface area contributed by atoms with Gasteiger partial charge in [-0.25, -0.2) is 0 Å². The molecule has 0 spiro atoms. The zero-order valence-corrected chi connectivity index (χ0v) is 9.97. The van der Waals surface area contributed by atoms with Crippen LogP contribution in [0.2, 0.25) is 0 Å². The van der Waals surface area contributed by atoms with Crippen molar-refractivity contribution < 1.29 is 14.3 Å². The standard InChI is InChI=1S/C14H10N4O/c15-17-13(11-7-3-1-4-8-11)19-14(18-16)12-9-5-2-6-10-12/h1-10H. The molecule has 0 bridgehead atoms. The Bertz CT molecular complexity index is 595. The lowest BCUT2D eigenvalue weighted by Crippen LogP contribution is -2.16. The first kappa shape index (κ1) is 12.5. The van der Waals surface area contributed by atoms with Crippen LogP contribution in [0.3, 0.4) is 0 Å². The van der Waals surface area contributed by atoms with E-state index >= 15 is 0 Å². The Kier molecular flexibility index (Phi) is 3.98. The summed E-state index contributed by atoms with van der Waals surface area (Å²) in [5.41, 5.74) is 19.1. The molecule has 2 aromatic rings. The van der Waals surface area contributed by atoms with Crippen LogP contribution in [0.4, 0.5) is 0 Å². The summed E-state index contributed by atoms with van der Waals surface area (Å²) in [5, 5.41) is 0. The van der Waals surface area contributed by atoms with Gasteiger partial charge in [-0.2, -0.15) is 0 Å². The molecule has 0 heterocycles. The molecule has 2 aromatic carbocycles. The van der Waals surface area contributed by atoms with E-state index in [0.29, 0.717) is 11.1 Å². The highest BCUT2D eigenvalue weighted by atomic mass is 16.5. The molecule has 0 aromatic heterocycles. The van der Waals surface area contributed by atoms with Gasteiger partial charge < -0.3 is 15.8 Å². The molecule has 0 aliphatic carbocycles. The van der Waals surface area contributed by atoms with Crippen LogP contribution in [0.1, 0.15) is 11.1 Å². The predicted molar refractivity (Wildman–Crippen MR) is 69.4 cm³/mol. The van der Waals surface area contributed by atoms with Crippen molar-refractivity contribution in [2.24, 2.45) is 0 Å². The fourth-order valence-electron chi connectivity index (χ4n) is 1.53. The van der Waals surface area contributed by atoms with Crippen molar-refractivity contribution in [2.45, 2.75) is 0 Å². The third kappa shape index (κ3) is 3.01. The minimum atomic E-state index is -0.0442. The van der Waals surface area contributed by atoms with Crippen LogP contribution in [0.5, 0.6) is 0 Å². The van der Waals surface area contributed by atoms with E-state index in [1.807, 2.05) is 12.1 Å². The van der Waals surface area contributed by atoms with Gasteiger partial charge in [-0.15, -0.1) is 9.58 Å². The van der Waals surface area contributed by atoms with Crippen LogP contribution in [-0.4, -0.2) is 21.4 Å². The molecule has 0 fully saturated rings. The molecular weight excluding hydrogens is 240 g/mol. The van der Waals surface area contributed by atoms with E-state index < -0.39 is 0 Å². The normalized spacial score (nSPS) is 9.05. The summed E-state index contributed by atoms with van der Waals surface area (Å²) in [4.78, 5) is 6.15. The van der Waals surface area contributed by atoms with Crippen LogP contribution in [0.25, 0.3) is 11.1 Å². The minimum absolute atomic E-state index is 0.0442. The Morgan fingerprint density at radius 3 is 1.37 bits per heavy atom. The summed E-state index contributed by atoms with van der Waals surface area (Å²) in [6.45, 7) is 0. The Morgan fingerprint density at radius 1 is 0.684 bits per heavy atom. The first-order chi connectivity index (χ1) is 9.35. The topological polar surface area (TPSA) is 82.0 Å². The quantitative estimate of drug-likeness (QED) is 0.348. The highest BCUT2D eigenvalue weighted by Gasteiger charge is 2.23. The van der Waals surface area contributed by atoms with Crippen molar-refractivity contribution in [3.63, 3.8) is 0 Å². The highest BCUT2D eigenvalue weighted by molar-refractivity contribution is 6.02. The average molecular weight is 250 g/mol. The molecule has 5 nitrogen and oxygen atoms in total. The Morgan fingerprint density at radius 2 is 1.05 bits per heavy atom. The number of rotatable bonds is 2. The molecular formula is C14H10N4O. The van der Waals surface area contributed by atoms with Crippen LogP contribution < -0.4 is 0 Å². The van der Waals surface area contributed by atoms with Crippen LogP contribution >= 0.6 is 0 Å². The summed E-state index contributed by atoms with van der Waals surface area (Å²) in [5.74, 6) is -0.0884. The van der Waals surface area contributed by atoms with Crippen LogP contribution in [0.15, 0.2) is 60.7 Å². The van der Waals surface area contributed by atoms with Gasteiger partial charge in [0.25, 0.3) is 0 Å². The molecule has 0 atom stereocenters. The zero-order valence-electron chi connectivity index (χ0n) is 9.97. The van der Waals surface area contributed by atoms with Gasteiger partial charge in [0.15, 0.2) is 0 Å². The predicted octanol–water partition coefficient (Wildman–Crippen LogP) is 2.36. The first-order valence-corrected chi connectivity index (χ1v) is 5.58. The Balaban J connectivity index is 2.29. The third-order valence-electron chi connectivity index (χ3n) is 2.42.